The molecule has 3 heterocycles. The second-order valence-electron chi connectivity index (χ2n) is 5.97. The molecule has 2 aliphatic rings. The minimum atomic E-state index is -3.49. The Kier molecular flexibility index (Phi) is 4.38. The number of nitrogens with zero attached hydrogens (tertiary/aromatic N) is 4. The van der Waals surface area contributed by atoms with Crippen molar-refractivity contribution in [3.8, 4) is 5.69 Å². The maximum absolute atomic E-state index is 12.1. The van der Waals surface area contributed by atoms with Crippen molar-refractivity contribution in [3.05, 3.63) is 64.6 Å². The Balaban J connectivity index is 1.75. The average molecular weight is 409 g/mol. The van der Waals surface area contributed by atoms with Gasteiger partial charge in [-0.3, -0.25) is 0 Å². The Bertz CT molecular complexity index is 1050. The third kappa shape index (κ3) is 3.42. The number of hydrogen-bond donors (Lipinski definition) is 0. The molecule has 0 N–H and O–H groups in total. The maximum atomic E-state index is 12.1. The van der Waals surface area contributed by atoms with E-state index in [-0.39, 0.29) is 5.75 Å². The summed E-state index contributed by atoms with van der Waals surface area (Å²) in [5.41, 5.74) is 2.33. The Morgan fingerprint density at radius 2 is 1.88 bits per heavy atom. The molecule has 2 aliphatic heterocycles. The van der Waals surface area contributed by atoms with Crippen LogP contribution in [0.2, 0.25) is 5.02 Å². The van der Waals surface area contributed by atoms with Gasteiger partial charge in [-0.25, -0.2) is 13.1 Å². The van der Waals surface area contributed by atoms with Gasteiger partial charge in [-0.2, -0.15) is 5.10 Å². The Morgan fingerprint density at radius 3 is 2.58 bits per heavy atom. The monoisotopic (exact) mass is 408 g/mol. The first-order chi connectivity index (χ1) is 12.4. The van der Waals surface area contributed by atoms with E-state index in [2.05, 4.69) is 9.50 Å². The fourth-order valence-electron chi connectivity index (χ4n) is 2.92. The molecule has 0 bridgehead atoms. The third-order valence-electron chi connectivity index (χ3n) is 4.10. The van der Waals surface area contributed by atoms with Crippen molar-refractivity contribution < 1.29 is 8.42 Å². The number of allylic oxidation sites excluding steroid dienone is 2. The van der Waals surface area contributed by atoms with E-state index in [9.17, 15) is 8.42 Å². The van der Waals surface area contributed by atoms with Crippen molar-refractivity contribution in [1.82, 2.24) is 14.7 Å². The topological polar surface area (TPSA) is 67.6 Å². The highest BCUT2D eigenvalue weighted by molar-refractivity contribution is 7.90. The van der Waals surface area contributed by atoms with Crippen LogP contribution >= 0.6 is 23.2 Å². The van der Waals surface area contributed by atoms with E-state index in [0.717, 1.165) is 11.3 Å². The summed E-state index contributed by atoms with van der Waals surface area (Å²) in [4.78, 5) is 1.80. The highest BCUT2D eigenvalue weighted by Crippen LogP contribution is 2.29. The first kappa shape index (κ1) is 17.3. The molecule has 6 nitrogen and oxygen atoms in total. The zero-order valence-electron chi connectivity index (χ0n) is 13.5. The molecule has 2 aromatic rings. The molecule has 1 aromatic heterocycles. The second kappa shape index (κ2) is 6.57. The van der Waals surface area contributed by atoms with Crippen molar-refractivity contribution in [2.75, 3.05) is 12.3 Å². The first-order valence-corrected chi connectivity index (χ1v) is 10.3. The summed E-state index contributed by atoms with van der Waals surface area (Å²) in [6.45, 7) is 0.551. The van der Waals surface area contributed by atoms with E-state index in [1.54, 1.807) is 34.3 Å². The fraction of sp³-hybridized carbons (Fsp3) is 0.176. The molecule has 26 heavy (non-hydrogen) atoms. The second-order valence-corrected chi connectivity index (χ2v) is 8.60. The Morgan fingerprint density at radius 1 is 1.12 bits per heavy atom. The van der Waals surface area contributed by atoms with E-state index >= 15 is 0 Å². The quantitative estimate of drug-likeness (QED) is 0.762. The molecule has 0 spiro atoms. The van der Waals surface area contributed by atoms with Crippen LogP contribution in [0.4, 0.5) is 0 Å². The molecule has 4 rings (SSSR count). The van der Waals surface area contributed by atoms with Gasteiger partial charge in [0.05, 0.1) is 27.7 Å². The highest BCUT2D eigenvalue weighted by atomic mass is 35.5. The lowest BCUT2D eigenvalue weighted by Gasteiger charge is -2.26. The number of rotatable bonds is 2. The molecular weight excluding hydrogens is 395 g/mol. The molecule has 134 valence electrons. The van der Waals surface area contributed by atoms with Crippen LogP contribution in [0, 0.1) is 0 Å². The summed E-state index contributed by atoms with van der Waals surface area (Å²) < 4.78 is 29.9. The van der Waals surface area contributed by atoms with Gasteiger partial charge in [0.1, 0.15) is 0 Å². The number of fused-ring (bicyclic) bond motifs is 1. The Hall–Kier alpha value is -2.09. The van der Waals surface area contributed by atoms with Gasteiger partial charge in [-0.1, -0.05) is 35.3 Å². The normalized spacial score (nSPS) is 19.2. The lowest BCUT2D eigenvalue weighted by molar-refractivity contribution is 0.553. The summed E-state index contributed by atoms with van der Waals surface area (Å²) in [5, 5.41) is 5.25. The molecule has 0 fully saturated rings. The minimum Gasteiger partial charge on any atom is -0.330 e. The van der Waals surface area contributed by atoms with Crippen LogP contribution in [0.1, 0.15) is 12.0 Å². The van der Waals surface area contributed by atoms with Gasteiger partial charge >= 0.3 is 0 Å². The van der Waals surface area contributed by atoms with E-state index < -0.39 is 10.0 Å². The third-order valence-corrected chi connectivity index (χ3v) is 5.75. The van der Waals surface area contributed by atoms with Crippen LogP contribution in [0.5, 0.6) is 0 Å². The number of sulfonamides is 1. The van der Waals surface area contributed by atoms with Gasteiger partial charge in [0.25, 0.3) is 10.0 Å². The van der Waals surface area contributed by atoms with E-state index in [0.29, 0.717) is 34.4 Å². The largest absolute Gasteiger partial charge is 0.330 e. The van der Waals surface area contributed by atoms with E-state index in [4.69, 9.17) is 23.2 Å². The van der Waals surface area contributed by atoms with E-state index in [1.807, 2.05) is 24.3 Å². The molecule has 0 saturated heterocycles. The number of hydrogen-bond acceptors (Lipinski definition) is 4. The first-order valence-electron chi connectivity index (χ1n) is 7.91. The summed E-state index contributed by atoms with van der Waals surface area (Å²) in [6, 6.07) is 7.51. The lowest BCUT2D eigenvalue weighted by atomic mass is 10.0. The standard InChI is InChI=1S/C17H14Cl2N4O2S/c18-13-8-16(17-21-26(24,25)7-1-6-22(17)10-13)12-2-4-15(5-3-12)23-11-14(19)9-20-23/h2-5,8-11H,1,6-7H2. The number of halogens is 2. The lowest BCUT2D eigenvalue weighted by Crippen LogP contribution is -2.29. The molecule has 0 atom stereocenters. The molecule has 0 radical (unpaired) electrons. The molecular formula is C17H14Cl2N4O2S. The summed E-state index contributed by atoms with van der Waals surface area (Å²) in [5.74, 6) is 0.437. The molecule has 9 heteroatoms. The molecule has 1 aromatic carbocycles. The summed E-state index contributed by atoms with van der Waals surface area (Å²) in [6.07, 6.45) is 7.22. The smallest absolute Gasteiger partial charge is 0.255 e. The van der Waals surface area contributed by atoms with Gasteiger partial charge in [-0.15, -0.1) is 4.40 Å². The van der Waals surface area contributed by atoms with E-state index in [1.165, 1.54) is 0 Å². The van der Waals surface area contributed by atoms with Crippen molar-refractivity contribution >= 4 is 44.6 Å². The van der Waals surface area contributed by atoms with Gasteiger partial charge in [0.15, 0.2) is 5.84 Å². The average Bonchev–Trinajstić information content (AvgIpc) is 2.96. The number of aromatic nitrogens is 2. The van der Waals surface area contributed by atoms with Gasteiger partial charge in [0.2, 0.25) is 0 Å². The van der Waals surface area contributed by atoms with Crippen LogP contribution in [0.25, 0.3) is 11.3 Å². The van der Waals surface area contributed by atoms with Gasteiger partial charge < -0.3 is 4.90 Å². The maximum Gasteiger partial charge on any atom is 0.255 e. The predicted molar refractivity (Wildman–Crippen MR) is 103 cm³/mol. The summed E-state index contributed by atoms with van der Waals surface area (Å²) >= 11 is 12.2. The minimum absolute atomic E-state index is 0.0325. The number of benzene rings is 1. The zero-order valence-corrected chi connectivity index (χ0v) is 15.8. The predicted octanol–water partition coefficient (Wildman–Crippen LogP) is 3.44. The van der Waals surface area contributed by atoms with Crippen LogP contribution in [-0.2, 0) is 10.0 Å². The Labute approximate surface area is 161 Å². The van der Waals surface area contributed by atoms with Crippen molar-refractivity contribution in [3.63, 3.8) is 0 Å². The van der Waals surface area contributed by atoms with Gasteiger partial charge in [0, 0.05) is 24.5 Å². The number of amidine groups is 1. The molecule has 0 unspecified atom stereocenters. The van der Waals surface area contributed by atoms with Crippen molar-refractivity contribution in [2.24, 2.45) is 4.40 Å². The molecule has 0 amide bonds. The fourth-order valence-corrected chi connectivity index (χ4v) is 4.33. The van der Waals surface area contributed by atoms with Crippen LogP contribution in [0.3, 0.4) is 0 Å². The zero-order chi connectivity index (χ0) is 18.3. The molecule has 0 saturated carbocycles. The van der Waals surface area contributed by atoms with Crippen molar-refractivity contribution in [2.45, 2.75) is 6.42 Å². The molecule has 0 aliphatic carbocycles. The highest BCUT2D eigenvalue weighted by Gasteiger charge is 2.26. The van der Waals surface area contributed by atoms with Crippen molar-refractivity contribution in [1.29, 1.82) is 0 Å². The van der Waals surface area contributed by atoms with Crippen LogP contribution in [0.15, 0.2) is 58.4 Å². The van der Waals surface area contributed by atoms with Gasteiger partial charge in [-0.05, 0) is 30.2 Å². The SMILES string of the molecule is O=S1(=O)CCCN2C=C(Cl)C=C(c3ccc(-n4cc(Cl)cn4)cc3)C2=N1. The summed E-state index contributed by atoms with van der Waals surface area (Å²) in [7, 11) is -3.49. The van der Waals surface area contributed by atoms with Crippen LogP contribution in [-0.4, -0.2) is 41.2 Å². The van der Waals surface area contributed by atoms with Crippen LogP contribution < -0.4 is 0 Å².